The number of rotatable bonds is 18. The fraction of sp³-hybridized carbons (Fsp3) is 0.743. The fourth-order valence-electron chi connectivity index (χ4n) is 6.84. The summed E-state index contributed by atoms with van der Waals surface area (Å²) in [5.41, 5.74) is 1.74. The van der Waals surface area contributed by atoms with Crippen LogP contribution in [0, 0.1) is 31.6 Å². The van der Waals surface area contributed by atoms with Crippen molar-refractivity contribution in [2.24, 2.45) is 17.8 Å². The Bertz CT molecular complexity index is 1290. The standard InChI is InChI=1S/C35H57O10P.2K/c1-21(2)12-9-13-22(3)14-10-15-23(4)16-11-17-35(8)19-25(6)29-26(7)28(18-24(5)31(29)43-35)44-46(40,41)45-33-30(38)32(27(37)20-36)42-34(33)39;;/h18,21-23,25,27,32,36-38H,9-17,19-20H2,1-8H3,(H,40,41);;/q;2*+1/p-2/t22?,23?,25?,27-,32+,35?;;/m0../s1. The largest absolute Gasteiger partial charge is 1.00 e. The molecular weight excluding hydrogens is 690 g/mol. The number of esters is 1. The summed E-state index contributed by atoms with van der Waals surface area (Å²) in [5.74, 6) is -0.662. The summed E-state index contributed by atoms with van der Waals surface area (Å²) < 4.78 is 34.1. The Labute approximate surface area is 373 Å². The topological polar surface area (TPSA) is 158 Å². The van der Waals surface area contributed by atoms with Crippen LogP contribution in [0.2, 0.25) is 0 Å². The van der Waals surface area contributed by atoms with E-state index >= 15 is 0 Å². The monoisotopic (exact) mass is 744 g/mol. The first kappa shape index (κ1) is 47.0. The van der Waals surface area contributed by atoms with Gasteiger partial charge in [-0.1, -0.05) is 79.6 Å². The normalized spacial score (nSPS) is 23.5. The van der Waals surface area contributed by atoms with Crippen molar-refractivity contribution in [1.82, 2.24) is 0 Å². The van der Waals surface area contributed by atoms with Gasteiger partial charge in [0.25, 0.3) is 0 Å². The van der Waals surface area contributed by atoms with E-state index < -0.39 is 44.1 Å². The fourth-order valence-corrected chi connectivity index (χ4v) is 7.69. The summed E-state index contributed by atoms with van der Waals surface area (Å²) >= 11 is 0. The Balaban J connectivity index is 0.00000576. The van der Waals surface area contributed by atoms with E-state index in [0.29, 0.717) is 17.0 Å². The summed E-state index contributed by atoms with van der Waals surface area (Å²) in [7, 11) is -5.27. The maximum atomic E-state index is 12.8. The van der Waals surface area contributed by atoms with Crippen LogP contribution in [0.15, 0.2) is 17.6 Å². The molecular formula is C35H55K2O10P. The van der Waals surface area contributed by atoms with Crippen LogP contribution in [-0.4, -0.2) is 40.6 Å². The first-order chi connectivity index (χ1) is 21.5. The number of cyclic esters (lactones) is 1. The Morgan fingerprint density at radius 1 is 1.02 bits per heavy atom. The summed E-state index contributed by atoms with van der Waals surface area (Å²) in [6.45, 7) is 16.2. The van der Waals surface area contributed by atoms with Gasteiger partial charge in [-0.15, -0.1) is 0 Å². The summed E-state index contributed by atoms with van der Waals surface area (Å²) in [6.07, 6.45) is 8.22. The molecule has 0 spiro atoms. The van der Waals surface area contributed by atoms with Crippen LogP contribution in [0.25, 0.3) is 0 Å². The third kappa shape index (κ3) is 13.5. The molecule has 1 aromatic carbocycles. The molecule has 2 heterocycles. The van der Waals surface area contributed by atoms with Gasteiger partial charge in [0, 0.05) is 5.56 Å². The zero-order valence-electron chi connectivity index (χ0n) is 30.9. The molecule has 0 aromatic heterocycles. The second-order valence-corrected chi connectivity index (χ2v) is 15.7. The molecule has 13 heteroatoms. The maximum absolute atomic E-state index is 12.8. The first-order valence-electron chi connectivity index (χ1n) is 16.9. The van der Waals surface area contributed by atoms with Gasteiger partial charge in [0.05, 0.1) is 6.61 Å². The predicted octanol–water partition coefficient (Wildman–Crippen LogP) is 0.110. The van der Waals surface area contributed by atoms with Gasteiger partial charge in [-0.05, 0) is 86.7 Å². The average molecular weight is 745 g/mol. The van der Waals surface area contributed by atoms with E-state index in [9.17, 15) is 24.5 Å². The van der Waals surface area contributed by atoms with Crippen LogP contribution in [0.1, 0.15) is 128 Å². The third-order valence-corrected chi connectivity index (χ3v) is 10.3. The summed E-state index contributed by atoms with van der Waals surface area (Å²) in [6, 6.07) is 1.55. The number of hydrogen-bond donors (Lipinski definition) is 2. The molecule has 5 unspecified atom stereocenters. The minimum atomic E-state index is -5.27. The minimum Gasteiger partial charge on any atom is -0.870 e. The van der Waals surface area contributed by atoms with E-state index in [1.54, 1.807) is 13.0 Å². The minimum absolute atomic E-state index is 0. The van der Waals surface area contributed by atoms with Gasteiger partial charge < -0.3 is 38.7 Å². The maximum Gasteiger partial charge on any atom is 1.00 e. The summed E-state index contributed by atoms with van der Waals surface area (Å²) in [4.78, 5) is 24.9. The van der Waals surface area contributed by atoms with Crippen molar-refractivity contribution >= 4 is 13.8 Å². The average Bonchev–Trinajstić information content (AvgIpc) is 3.22. The third-order valence-electron chi connectivity index (χ3n) is 9.43. The van der Waals surface area contributed by atoms with Crippen LogP contribution in [-0.2, 0) is 18.6 Å². The van der Waals surface area contributed by atoms with Gasteiger partial charge in [-0.25, -0.2) is 9.36 Å². The number of carbonyl (C=O) groups excluding carboxylic acids is 1. The number of aliphatic hydroxyl groups is 2. The molecule has 0 aliphatic carbocycles. The van der Waals surface area contributed by atoms with Gasteiger partial charge in [0.1, 0.15) is 29.3 Å². The molecule has 0 bridgehead atoms. The van der Waals surface area contributed by atoms with Gasteiger partial charge in [0.15, 0.2) is 0 Å². The molecule has 0 amide bonds. The van der Waals surface area contributed by atoms with E-state index in [-0.39, 0.29) is 120 Å². The van der Waals surface area contributed by atoms with E-state index in [1.807, 2.05) is 6.92 Å². The molecule has 262 valence electrons. The zero-order valence-corrected chi connectivity index (χ0v) is 38.1. The molecule has 0 radical (unpaired) electrons. The van der Waals surface area contributed by atoms with Crippen molar-refractivity contribution < 1.29 is 151 Å². The molecule has 7 atom stereocenters. The number of aryl methyl sites for hydroxylation is 1. The zero-order chi connectivity index (χ0) is 34.4. The van der Waals surface area contributed by atoms with Crippen LogP contribution >= 0.6 is 7.82 Å². The number of aliphatic hydroxyl groups excluding tert-OH is 2. The number of phosphoric acid groups is 1. The van der Waals surface area contributed by atoms with Gasteiger partial charge in [0.2, 0.25) is 5.76 Å². The van der Waals surface area contributed by atoms with Gasteiger partial charge in [-0.3, -0.25) is 0 Å². The smallest absolute Gasteiger partial charge is 0.870 e. The van der Waals surface area contributed by atoms with Crippen LogP contribution in [0.5, 0.6) is 11.5 Å². The van der Waals surface area contributed by atoms with Crippen molar-refractivity contribution in [3.63, 3.8) is 0 Å². The van der Waals surface area contributed by atoms with E-state index in [1.165, 1.54) is 38.5 Å². The van der Waals surface area contributed by atoms with Crippen LogP contribution in [0.3, 0.4) is 0 Å². The van der Waals surface area contributed by atoms with Crippen molar-refractivity contribution in [2.75, 3.05) is 6.61 Å². The number of fused-ring (bicyclic) bond motifs is 1. The van der Waals surface area contributed by atoms with E-state index in [0.717, 1.165) is 48.8 Å². The molecule has 2 aliphatic rings. The second-order valence-electron chi connectivity index (χ2n) is 14.5. The predicted molar refractivity (Wildman–Crippen MR) is 172 cm³/mol. The molecule has 10 nitrogen and oxygen atoms in total. The number of carbonyl (C=O) groups is 1. The van der Waals surface area contributed by atoms with E-state index in [4.69, 9.17) is 18.9 Å². The molecule has 1 aromatic rings. The van der Waals surface area contributed by atoms with Crippen molar-refractivity contribution in [2.45, 2.75) is 143 Å². The van der Waals surface area contributed by atoms with E-state index in [2.05, 4.69) is 46.3 Å². The molecule has 2 N–H and O–H groups in total. The number of ether oxygens (including phenoxy) is 2. The molecule has 0 fully saturated rings. The Hall–Kier alpha value is 1.01. The molecule has 0 saturated heterocycles. The molecule has 0 saturated carbocycles. The van der Waals surface area contributed by atoms with Crippen molar-refractivity contribution in [3.05, 3.63) is 34.3 Å². The Kier molecular flexibility index (Phi) is 20.6. The quantitative estimate of drug-likeness (QED) is 0.120. The Morgan fingerprint density at radius 3 is 2.15 bits per heavy atom. The Morgan fingerprint density at radius 2 is 1.58 bits per heavy atom. The van der Waals surface area contributed by atoms with Crippen LogP contribution < -0.4 is 122 Å². The number of hydrogen-bond acceptors (Lipinski definition) is 10. The molecule has 2 aliphatic heterocycles. The van der Waals surface area contributed by atoms with Gasteiger partial charge >= 0.3 is 117 Å². The SMILES string of the molecule is Cc1cc(OP(=O)([O-])OC2=C([O-])[C@@H]([C@@H](O)CO)OC2=O)c(C)c2c1OC(C)(CCCC(C)CCCC(C)CCCC(C)C)CC2C.[K+].[K+]. The summed E-state index contributed by atoms with van der Waals surface area (Å²) in [5, 5.41) is 31.1. The van der Waals surface area contributed by atoms with Crippen LogP contribution in [0.4, 0.5) is 0 Å². The first-order valence-corrected chi connectivity index (χ1v) is 18.4. The van der Waals surface area contributed by atoms with Gasteiger partial charge in [-0.2, -0.15) is 0 Å². The van der Waals surface area contributed by atoms with Crippen molar-refractivity contribution in [1.29, 1.82) is 0 Å². The molecule has 48 heavy (non-hydrogen) atoms. The number of phosphoric ester groups is 1. The number of benzene rings is 1. The second kappa shape index (κ2) is 21.0. The van der Waals surface area contributed by atoms with Crippen molar-refractivity contribution in [3.8, 4) is 11.5 Å². The molecule has 3 rings (SSSR count).